The fourth-order valence-electron chi connectivity index (χ4n) is 1.24. The van der Waals surface area contributed by atoms with E-state index in [1.807, 2.05) is 30.1 Å². The van der Waals surface area contributed by atoms with Gasteiger partial charge in [0.15, 0.2) is 0 Å². The molecule has 1 heterocycles. The van der Waals surface area contributed by atoms with Gasteiger partial charge in [0.05, 0.1) is 5.03 Å². The van der Waals surface area contributed by atoms with E-state index < -0.39 is 0 Å². The Morgan fingerprint density at radius 2 is 2.27 bits per heavy atom. The molecule has 1 unspecified atom stereocenters. The predicted molar refractivity (Wildman–Crippen MR) is 70.4 cm³/mol. The lowest BCUT2D eigenvalue weighted by Crippen LogP contribution is -2.30. The maximum absolute atomic E-state index is 4.33. The van der Waals surface area contributed by atoms with Crippen LogP contribution in [0.25, 0.3) is 0 Å². The minimum absolute atomic E-state index is 0.588. The van der Waals surface area contributed by atoms with Crippen LogP contribution in [0.5, 0.6) is 0 Å². The highest BCUT2D eigenvalue weighted by Gasteiger charge is 2.05. The van der Waals surface area contributed by atoms with E-state index in [4.69, 9.17) is 0 Å². The molecule has 0 fully saturated rings. The van der Waals surface area contributed by atoms with Crippen molar-refractivity contribution < 1.29 is 0 Å². The quantitative estimate of drug-likeness (QED) is 0.813. The van der Waals surface area contributed by atoms with E-state index in [-0.39, 0.29) is 0 Å². The molecule has 0 aliphatic carbocycles. The Kier molecular flexibility index (Phi) is 6.29. The number of nitrogens with zero attached hydrogens (tertiary/aromatic N) is 1. The fourth-order valence-corrected chi connectivity index (χ4v) is 2.49. The van der Waals surface area contributed by atoms with Crippen LogP contribution < -0.4 is 5.32 Å². The summed E-state index contributed by atoms with van der Waals surface area (Å²) in [5.74, 6) is 1.08. The summed E-state index contributed by atoms with van der Waals surface area (Å²) in [6.07, 6.45) is 3.01. The fraction of sp³-hybridized carbons (Fsp3) is 0.545. The lowest BCUT2D eigenvalue weighted by molar-refractivity contribution is 0.560. The summed E-state index contributed by atoms with van der Waals surface area (Å²) >= 11 is 5.19. The molecular weight excluding hydrogens is 272 g/mol. The molecule has 0 saturated heterocycles. The molecule has 15 heavy (non-hydrogen) atoms. The van der Waals surface area contributed by atoms with Crippen molar-refractivity contribution in [3.63, 3.8) is 0 Å². The van der Waals surface area contributed by atoms with Crippen molar-refractivity contribution in [2.75, 3.05) is 12.3 Å². The standard InChI is InChI=1S/C11H17BrN2S/c1-3-10(13-4-2)8-15-11-6-5-9(12)7-14-11/h5-7,10,13H,3-4,8H2,1-2H3. The second kappa shape index (κ2) is 7.25. The Hall–Kier alpha value is -0.0600. The molecule has 0 radical (unpaired) electrons. The zero-order valence-corrected chi connectivity index (χ0v) is 11.6. The Morgan fingerprint density at radius 1 is 1.47 bits per heavy atom. The number of aromatic nitrogens is 1. The Bertz CT molecular complexity index is 276. The highest BCUT2D eigenvalue weighted by molar-refractivity contribution is 9.10. The Labute approximate surface area is 104 Å². The van der Waals surface area contributed by atoms with Crippen LogP contribution in [0.4, 0.5) is 0 Å². The van der Waals surface area contributed by atoms with Crippen LogP contribution in [0.1, 0.15) is 20.3 Å². The van der Waals surface area contributed by atoms with Gasteiger partial charge in [-0.25, -0.2) is 4.98 Å². The summed E-state index contributed by atoms with van der Waals surface area (Å²) in [4.78, 5) is 4.33. The summed E-state index contributed by atoms with van der Waals surface area (Å²) in [7, 11) is 0. The van der Waals surface area contributed by atoms with Crippen molar-refractivity contribution >= 4 is 27.7 Å². The largest absolute Gasteiger partial charge is 0.313 e. The summed E-state index contributed by atoms with van der Waals surface area (Å²) in [5, 5.41) is 4.55. The maximum Gasteiger partial charge on any atom is 0.0961 e. The first-order chi connectivity index (χ1) is 7.26. The third kappa shape index (κ3) is 5.00. The number of hydrogen-bond donors (Lipinski definition) is 1. The lowest BCUT2D eigenvalue weighted by Gasteiger charge is -2.14. The van der Waals surface area contributed by atoms with E-state index in [0.29, 0.717) is 6.04 Å². The molecule has 0 amide bonds. The molecule has 1 aromatic heterocycles. The van der Waals surface area contributed by atoms with Gasteiger partial charge in [-0.3, -0.25) is 0 Å². The number of rotatable bonds is 6. The zero-order valence-electron chi connectivity index (χ0n) is 9.16. The molecule has 0 bridgehead atoms. The molecule has 1 N–H and O–H groups in total. The van der Waals surface area contributed by atoms with Crippen LogP contribution in [0.2, 0.25) is 0 Å². The molecule has 2 nitrogen and oxygen atoms in total. The third-order valence-electron chi connectivity index (χ3n) is 2.12. The van der Waals surface area contributed by atoms with Gasteiger partial charge in [-0.1, -0.05) is 13.8 Å². The van der Waals surface area contributed by atoms with Crippen LogP contribution in [-0.2, 0) is 0 Å². The van der Waals surface area contributed by atoms with Gasteiger partial charge in [0.1, 0.15) is 0 Å². The highest BCUT2D eigenvalue weighted by Crippen LogP contribution is 2.18. The van der Waals surface area contributed by atoms with Crippen molar-refractivity contribution in [2.24, 2.45) is 0 Å². The smallest absolute Gasteiger partial charge is 0.0961 e. The van der Waals surface area contributed by atoms with Crippen molar-refractivity contribution in [3.8, 4) is 0 Å². The minimum atomic E-state index is 0.588. The number of hydrogen-bond acceptors (Lipinski definition) is 3. The van der Waals surface area contributed by atoms with Gasteiger partial charge >= 0.3 is 0 Å². The SMILES string of the molecule is CCNC(CC)CSc1ccc(Br)cn1. The van der Waals surface area contributed by atoms with E-state index in [0.717, 1.165) is 28.2 Å². The second-order valence-electron chi connectivity index (χ2n) is 3.29. The van der Waals surface area contributed by atoms with Gasteiger partial charge in [-0.2, -0.15) is 0 Å². The van der Waals surface area contributed by atoms with Crippen molar-refractivity contribution in [1.82, 2.24) is 10.3 Å². The molecule has 0 aliphatic heterocycles. The molecular formula is C11H17BrN2S. The number of nitrogens with one attached hydrogen (secondary N) is 1. The average Bonchev–Trinajstić information content (AvgIpc) is 2.26. The van der Waals surface area contributed by atoms with Gasteiger partial charge < -0.3 is 5.32 Å². The molecule has 84 valence electrons. The summed E-state index contributed by atoms with van der Waals surface area (Å²) < 4.78 is 1.03. The van der Waals surface area contributed by atoms with Crippen LogP contribution in [-0.4, -0.2) is 23.3 Å². The normalized spacial score (nSPS) is 12.7. The van der Waals surface area contributed by atoms with Crippen LogP contribution in [0.3, 0.4) is 0 Å². The molecule has 1 atom stereocenters. The Balaban J connectivity index is 2.38. The summed E-state index contributed by atoms with van der Waals surface area (Å²) in [6, 6.07) is 4.67. The average molecular weight is 289 g/mol. The van der Waals surface area contributed by atoms with Gasteiger partial charge in [-0.05, 0) is 41.0 Å². The van der Waals surface area contributed by atoms with Crippen molar-refractivity contribution in [2.45, 2.75) is 31.3 Å². The zero-order chi connectivity index (χ0) is 11.1. The molecule has 0 spiro atoms. The van der Waals surface area contributed by atoms with Gasteiger partial charge in [0.25, 0.3) is 0 Å². The third-order valence-corrected chi connectivity index (χ3v) is 3.69. The van der Waals surface area contributed by atoms with Crippen LogP contribution in [0, 0.1) is 0 Å². The highest BCUT2D eigenvalue weighted by atomic mass is 79.9. The topological polar surface area (TPSA) is 24.9 Å². The predicted octanol–water partition coefficient (Wildman–Crippen LogP) is 3.32. The maximum atomic E-state index is 4.33. The molecule has 1 aromatic rings. The van der Waals surface area contributed by atoms with Crippen molar-refractivity contribution in [1.29, 1.82) is 0 Å². The van der Waals surface area contributed by atoms with E-state index in [1.54, 1.807) is 0 Å². The molecule has 0 saturated carbocycles. The monoisotopic (exact) mass is 288 g/mol. The van der Waals surface area contributed by atoms with E-state index in [2.05, 4.69) is 40.1 Å². The van der Waals surface area contributed by atoms with Crippen molar-refractivity contribution in [3.05, 3.63) is 22.8 Å². The molecule has 0 aliphatic rings. The molecule has 4 heteroatoms. The van der Waals surface area contributed by atoms with Gasteiger partial charge in [0, 0.05) is 22.5 Å². The summed E-state index contributed by atoms with van der Waals surface area (Å²) in [5.41, 5.74) is 0. The summed E-state index contributed by atoms with van der Waals surface area (Å²) in [6.45, 7) is 5.39. The lowest BCUT2D eigenvalue weighted by atomic mass is 10.2. The van der Waals surface area contributed by atoms with Gasteiger partial charge in [-0.15, -0.1) is 11.8 Å². The number of pyridine rings is 1. The molecule has 0 aromatic carbocycles. The van der Waals surface area contributed by atoms with E-state index in [9.17, 15) is 0 Å². The number of halogens is 1. The van der Waals surface area contributed by atoms with Gasteiger partial charge in [0.2, 0.25) is 0 Å². The molecule has 1 rings (SSSR count). The number of thioether (sulfide) groups is 1. The second-order valence-corrected chi connectivity index (χ2v) is 5.24. The van der Waals surface area contributed by atoms with E-state index in [1.165, 1.54) is 0 Å². The minimum Gasteiger partial charge on any atom is -0.313 e. The first-order valence-corrected chi connectivity index (χ1v) is 7.01. The van der Waals surface area contributed by atoms with E-state index >= 15 is 0 Å². The first-order valence-electron chi connectivity index (χ1n) is 5.24. The van der Waals surface area contributed by atoms with Crippen LogP contribution >= 0.6 is 27.7 Å². The Morgan fingerprint density at radius 3 is 2.80 bits per heavy atom. The first kappa shape index (κ1) is 13.0. The van der Waals surface area contributed by atoms with Crippen LogP contribution in [0.15, 0.2) is 27.8 Å².